The van der Waals surface area contributed by atoms with Crippen molar-refractivity contribution in [1.29, 1.82) is 0 Å². The molecule has 7 heteroatoms. The van der Waals surface area contributed by atoms with Gasteiger partial charge in [-0.05, 0) is 14.0 Å². The van der Waals surface area contributed by atoms with E-state index >= 15 is 0 Å². The highest BCUT2D eigenvalue weighted by Gasteiger charge is 2.20. The highest BCUT2D eigenvalue weighted by atomic mass is 19.1. The molecule has 0 saturated carbocycles. The van der Waals surface area contributed by atoms with Crippen molar-refractivity contribution in [3.05, 3.63) is 35.4 Å². The molecule has 0 saturated heterocycles. The zero-order valence-corrected chi connectivity index (χ0v) is 10.4. The average molecular weight is 271 g/mol. The first-order valence-corrected chi connectivity index (χ1v) is 5.66. The molecule has 0 aliphatic carbocycles. The van der Waals surface area contributed by atoms with Gasteiger partial charge in [0.1, 0.15) is 23.0 Å². The molecule has 1 heterocycles. The molecule has 1 aromatic heterocycles. The summed E-state index contributed by atoms with van der Waals surface area (Å²) in [5, 5.41) is 6.61. The Balaban J connectivity index is 2.33. The van der Waals surface area contributed by atoms with Crippen LogP contribution in [0.15, 0.2) is 16.7 Å². The van der Waals surface area contributed by atoms with Crippen LogP contribution in [0.1, 0.15) is 12.7 Å². The molecule has 0 amide bonds. The Kier molecular flexibility index (Phi) is 3.84. The van der Waals surface area contributed by atoms with Crippen molar-refractivity contribution in [2.45, 2.75) is 19.4 Å². The summed E-state index contributed by atoms with van der Waals surface area (Å²) in [6.45, 7) is 1.90. The van der Waals surface area contributed by atoms with E-state index in [1.165, 1.54) is 0 Å². The molecule has 0 aliphatic rings. The van der Waals surface area contributed by atoms with Crippen molar-refractivity contribution in [3.8, 4) is 11.5 Å². The van der Waals surface area contributed by atoms with Crippen LogP contribution in [0.5, 0.6) is 0 Å². The van der Waals surface area contributed by atoms with E-state index in [-0.39, 0.29) is 11.9 Å². The van der Waals surface area contributed by atoms with Gasteiger partial charge in [-0.1, -0.05) is 5.16 Å². The van der Waals surface area contributed by atoms with E-state index in [2.05, 4.69) is 15.5 Å². The van der Waals surface area contributed by atoms with Gasteiger partial charge in [-0.15, -0.1) is 0 Å². The number of benzene rings is 1. The van der Waals surface area contributed by atoms with Crippen molar-refractivity contribution < 1.29 is 17.7 Å². The minimum absolute atomic E-state index is 0.0911. The summed E-state index contributed by atoms with van der Waals surface area (Å²) in [5.74, 6) is -3.13. The van der Waals surface area contributed by atoms with Crippen molar-refractivity contribution in [3.63, 3.8) is 0 Å². The first-order chi connectivity index (χ1) is 9.01. The minimum atomic E-state index is -1.07. The molecule has 1 unspecified atom stereocenters. The van der Waals surface area contributed by atoms with Crippen molar-refractivity contribution in [2.24, 2.45) is 0 Å². The van der Waals surface area contributed by atoms with Crippen LogP contribution in [0, 0.1) is 17.5 Å². The smallest absolute Gasteiger partial charge is 0.263 e. The summed E-state index contributed by atoms with van der Waals surface area (Å²) in [6, 6.07) is 1.23. The van der Waals surface area contributed by atoms with Gasteiger partial charge in [0.15, 0.2) is 5.82 Å². The number of hydrogen-bond donors (Lipinski definition) is 1. The Labute approximate surface area is 107 Å². The molecular weight excluding hydrogens is 259 g/mol. The lowest BCUT2D eigenvalue weighted by Crippen LogP contribution is -2.24. The van der Waals surface area contributed by atoms with E-state index < -0.39 is 23.0 Å². The van der Waals surface area contributed by atoms with E-state index in [9.17, 15) is 13.2 Å². The summed E-state index contributed by atoms with van der Waals surface area (Å²) in [7, 11) is 1.77. The molecule has 1 N–H and O–H groups in total. The maximum Gasteiger partial charge on any atom is 0.263 e. The lowest BCUT2D eigenvalue weighted by molar-refractivity contribution is 0.412. The molecule has 0 fully saturated rings. The fourth-order valence-corrected chi connectivity index (χ4v) is 1.56. The van der Waals surface area contributed by atoms with E-state index in [0.717, 1.165) is 0 Å². The van der Waals surface area contributed by atoms with Gasteiger partial charge in [-0.3, -0.25) is 0 Å². The van der Waals surface area contributed by atoms with Gasteiger partial charge in [0, 0.05) is 24.6 Å². The van der Waals surface area contributed by atoms with E-state index in [4.69, 9.17) is 4.52 Å². The number of hydrogen-bond acceptors (Lipinski definition) is 4. The molecular formula is C12H12F3N3O. The first-order valence-electron chi connectivity index (χ1n) is 5.66. The van der Waals surface area contributed by atoms with E-state index in [1.54, 1.807) is 7.05 Å². The van der Waals surface area contributed by atoms with E-state index in [1.807, 2.05) is 6.92 Å². The van der Waals surface area contributed by atoms with Gasteiger partial charge in [0.05, 0.1) is 0 Å². The monoisotopic (exact) mass is 271 g/mol. The SMILES string of the molecule is CNC(C)Cc1noc(-c2c(F)cc(F)cc2F)n1. The standard InChI is InChI=1S/C12H12F3N3O/c1-6(16-2)3-10-17-12(19-18-10)11-8(14)4-7(13)5-9(11)15/h4-6,16H,3H2,1-2H3. The largest absolute Gasteiger partial charge is 0.334 e. The third kappa shape index (κ3) is 2.93. The van der Waals surface area contributed by atoms with Crippen LogP contribution in [0.2, 0.25) is 0 Å². The molecule has 19 heavy (non-hydrogen) atoms. The number of nitrogens with one attached hydrogen (secondary N) is 1. The summed E-state index contributed by atoms with van der Waals surface area (Å²) in [4.78, 5) is 3.90. The van der Waals surface area contributed by atoms with Crippen molar-refractivity contribution in [2.75, 3.05) is 7.05 Å². The molecule has 102 valence electrons. The van der Waals surface area contributed by atoms with Crippen LogP contribution < -0.4 is 5.32 Å². The topological polar surface area (TPSA) is 51.0 Å². The zero-order valence-electron chi connectivity index (χ0n) is 10.4. The number of halogens is 3. The van der Waals surface area contributed by atoms with Crippen LogP contribution in [0.4, 0.5) is 13.2 Å². The van der Waals surface area contributed by atoms with E-state index in [0.29, 0.717) is 24.4 Å². The molecule has 1 atom stereocenters. The molecule has 4 nitrogen and oxygen atoms in total. The zero-order chi connectivity index (χ0) is 14.0. The minimum Gasteiger partial charge on any atom is -0.334 e. The van der Waals surface area contributed by atoms with Gasteiger partial charge in [-0.25, -0.2) is 13.2 Å². The molecule has 2 rings (SSSR count). The van der Waals surface area contributed by atoms with Gasteiger partial charge in [0.2, 0.25) is 0 Å². The van der Waals surface area contributed by atoms with Gasteiger partial charge in [-0.2, -0.15) is 4.98 Å². The molecule has 1 aromatic carbocycles. The van der Waals surface area contributed by atoms with Gasteiger partial charge >= 0.3 is 0 Å². The van der Waals surface area contributed by atoms with Crippen LogP contribution >= 0.6 is 0 Å². The Morgan fingerprint density at radius 3 is 2.47 bits per heavy atom. The van der Waals surface area contributed by atoms with Gasteiger partial charge in [0.25, 0.3) is 5.89 Å². The maximum atomic E-state index is 13.5. The summed E-state index contributed by atoms with van der Waals surface area (Å²) >= 11 is 0. The number of nitrogens with zero attached hydrogens (tertiary/aromatic N) is 2. The summed E-state index contributed by atoms with van der Waals surface area (Å²) in [5.41, 5.74) is -0.516. The van der Waals surface area contributed by atoms with Crippen molar-refractivity contribution in [1.82, 2.24) is 15.5 Å². The highest BCUT2D eigenvalue weighted by Crippen LogP contribution is 2.25. The second-order valence-electron chi connectivity index (χ2n) is 4.15. The van der Waals surface area contributed by atoms with Crippen LogP contribution in [0.25, 0.3) is 11.5 Å². The third-order valence-electron chi connectivity index (χ3n) is 2.67. The number of aromatic nitrogens is 2. The van der Waals surface area contributed by atoms with Crippen molar-refractivity contribution >= 4 is 0 Å². The average Bonchev–Trinajstić information content (AvgIpc) is 2.75. The second kappa shape index (κ2) is 5.40. The number of rotatable bonds is 4. The normalized spacial score (nSPS) is 12.7. The summed E-state index contributed by atoms with van der Waals surface area (Å²) < 4.78 is 44.6. The molecule has 0 radical (unpaired) electrons. The predicted octanol–water partition coefficient (Wildman–Crippen LogP) is 2.30. The third-order valence-corrected chi connectivity index (χ3v) is 2.67. The Morgan fingerprint density at radius 1 is 1.26 bits per heavy atom. The van der Waals surface area contributed by atoms with Crippen LogP contribution in [-0.4, -0.2) is 23.2 Å². The lowest BCUT2D eigenvalue weighted by Gasteiger charge is -2.04. The molecule has 2 aromatic rings. The lowest BCUT2D eigenvalue weighted by atomic mass is 10.2. The molecule has 0 bridgehead atoms. The quantitative estimate of drug-likeness (QED) is 0.927. The fraction of sp³-hybridized carbons (Fsp3) is 0.333. The Morgan fingerprint density at radius 2 is 1.89 bits per heavy atom. The Hall–Kier alpha value is -1.89. The second-order valence-corrected chi connectivity index (χ2v) is 4.15. The number of likely N-dealkylation sites (N-methyl/N-ethyl adjacent to an activating group) is 1. The maximum absolute atomic E-state index is 13.5. The Bertz CT molecular complexity index is 562. The van der Waals surface area contributed by atoms with Gasteiger partial charge < -0.3 is 9.84 Å². The summed E-state index contributed by atoms with van der Waals surface area (Å²) in [6.07, 6.45) is 0.449. The first kappa shape index (κ1) is 13.5. The highest BCUT2D eigenvalue weighted by molar-refractivity contribution is 5.54. The predicted molar refractivity (Wildman–Crippen MR) is 61.8 cm³/mol. The molecule has 0 aliphatic heterocycles. The van der Waals surface area contributed by atoms with Crippen LogP contribution in [-0.2, 0) is 6.42 Å². The van der Waals surface area contributed by atoms with Crippen LogP contribution in [0.3, 0.4) is 0 Å². The fourth-order valence-electron chi connectivity index (χ4n) is 1.56. The molecule has 0 spiro atoms.